The number of nitriles is 1. The molecule has 0 unspecified atom stereocenters. The summed E-state index contributed by atoms with van der Waals surface area (Å²) in [5.74, 6) is 0.541. The van der Waals surface area contributed by atoms with E-state index < -0.39 is 0 Å². The quantitative estimate of drug-likeness (QED) is 0.538. The minimum Gasteiger partial charge on any atom is -0.484 e. The van der Waals surface area contributed by atoms with Gasteiger partial charge in [-0.2, -0.15) is 5.26 Å². The van der Waals surface area contributed by atoms with Crippen LogP contribution in [-0.4, -0.2) is 37.7 Å². The number of rotatable bonds is 9. The molecule has 0 saturated carbocycles. The van der Waals surface area contributed by atoms with E-state index in [0.717, 1.165) is 16.7 Å². The summed E-state index contributed by atoms with van der Waals surface area (Å²) < 4.78 is 10.9. The van der Waals surface area contributed by atoms with Crippen molar-refractivity contribution in [3.8, 4) is 22.9 Å². The van der Waals surface area contributed by atoms with Crippen molar-refractivity contribution >= 4 is 5.91 Å². The van der Waals surface area contributed by atoms with Gasteiger partial charge in [0.2, 0.25) is 0 Å². The summed E-state index contributed by atoms with van der Waals surface area (Å²) in [6.45, 7) is 1.46. The lowest BCUT2D eigenvalue weighted by atomic mass is 10.0. The predicted molar refractivity (Wildman–Crippen MR) is 116 cm³/mol. The number of ether oxygens (including phenoxy) is 2. The van der Waals surface area contributed by atoms with Crippen molar-refractivity contribution in [2.24, 2.45) is 0 Å². The molecule has 3 aromatic carbocycles. The molecule has 3 aromatic rings. The molecule has 0 radical (unpaired) electrons. The fraction of sp³-hybridized carbons (Fsp3) is 0.200. The molecule has 30 heavy (non-hydrogen) atoms. The van der Waals surface area contributed by atoms with Crippen LogP contribution in [0.2, 0.25) is 0 Å². The van der Waals surface area contributed by atoms with Crippen molar-refractivity contribution < 1.29 is 14.3 Å². The van der Waals surface area contributed by atoms with Crippen molar-refractivity contribution in [2.45, 2.75) is 6.54 Å². The van der Waals surface area contributed by atoms with Crippen LogP contribution >= 0.6 is 0 Å². The Hall–Kier alpha value is -3.62. The number of carbonyl (C=O) groups excluding carboxylic acids is 1. The summed E-state index contributed by atoms with van der Waals surface area (Å²) in [5, 5.41) is 8.90. The zero-order valence-corrected chi connectivity index (χ0v) is 17.0. The Morgan fingerprint density at radius 1 is 0.933 bits per heavy atom. The smallest absolute Gasteiger partial charge is 0.260 e. The van der Waals surface area contributed by atoms with Gasteiger partial charge in [-0.05, 0) is 41.0 Å². The number of nitrogens with zero attached hydrogens (tertiary/aromatic N) is 2. The van der Waals surface area contributed by atoms with Gasteiger partial charge >= 0.3 is 0 Å². The summed E-state index contributed by atoms with van der Waals surface area (Å²) in [5.41, 5.74) is 3.73. The van der Waals surface area contributed by atoms with Crippen LogP contribution in [0.1, 0.15) is 11.1 Å². The summed E-state index contributed by atoms with van der Waals surface area (Å²) >= 11 is 0. The lowest BCUT2D eigenvalue weighted by Gasteiger charge is -2.22. The first kappa shape index (κ1) is 21.1. The predicted octanol–water partition coefficient (Wildman–Crippen LogP) is 4.28. The third kappa shape index (κ3) is 5.94. The van der Waals surface area contributed by atoms with E-state index in [2.05, 4.69) is 6.07 Å². The van der Waals surface area contributed by atoms with E-state index in [9.17, 15) is 4.79 Å². The normalized spacial score (nSPS) is 10.3. The molecule has 0 N–H and O–H groups in total. The lowest BCUT2D eigenvalue weighted by molar-refractivity contribution is -0.134. The zero-order valence-electron chi connectivity index (χ0n) is 17.0. The largest absolute Gasteiger partial charge is 0.484 e. The molecule has 0 saturated heterocycles. The van der Waals surface area contributed by atoms with E-state index >= 15 is 0 Å². The third-order valence-corrected chi connectivity index (χ3v) is 4.70. The molecular weight excluding hydrogens is 376 g/mol. The van der Waals surface area contributed by atoms with E-state index in [1.54, 1.807) is 24.1 Å². The molecule has 0 spiro atoms. The van der Waals surface area contributed by atoms with E-state index in [1.165, 1.54) is 0 Å². The summed E-state index contributed by atoms with van der Waals surface area (Å²) in [6.07, 6.45) is 0. The SMILES string of the molecule is COCCN(Cc1ccccc1)C(=O)COc1ccc(-c2ccc(C#N)cc2)cc1. The summed E-state index contributed by atoms with van der Waals surface area (Å²) in [7, 11) is 1.62. The highest BCUT2D eigenvalue weighted by Gasteiger charge is 2.14. The molecule has 5 nitrogen and oxygen atoms in total. The molecule has 0 aliphatic carbocycles. The van der Waals surface area contributed by atoms with Crippen LogP contribution in [0.5, 0.6) is 5.75 Å². The third-order valence-electron chi connectivity index (χ3n) is 4.70. The van der Waals surface area contributed by atoms with Gasteiger partial charge in [0.1, 0.15) is 5.75 Å². The summed E-state index contributed by atoms with van der Waals surface area (Å²) in [4.78, 5) is 14.4. The van der Waals surface area contributed by atoms with Crippen molar-refractivity contribution in [1.82, 2.24) is 4.90 Å². The van der Waals surface area contributed by atoms with Crippen molar-refractivity contribution in [3.05, 3.63) is 90.0 Å². The van der Waals surface area contributed by atoms with E-state index in [-0.39, 0.29) is 12.5 Å². The Balaban J connectivity index is 1.59. The second kappa shape index (κ2) is 10.8. The van der Waals surface area contributed by atoms with Crippen LogP contribution in [0, 0.1) is 11.3 Å². The highest BCUT2D eigenvalue weighted by Crippen LogP contribution is 2.23. The van der Waals surface area contributed by atoms with Gasteiger partial charge in [-0.3, -0.25) is 4.79 Å². The minimum absolute atomic E-state index is 0.0350. The second-order valence-electron chi connectivity index (χ2n) is 6.80. The van der Waals surface area contributed by atoms with Gasteiger partial charge in [-0.15, -0.1) is 0 Å². The highest BCUT2D eigenvalue weighted by molar-refractivity contribution is 5.77. The average molecular weight is 400 g/mol. The molecule has 1 amide bonds. The Morgan fingerprint density at radius 3 is 2.17 bits per heavy atom. The molecular formula is C25H24N2O3. The number of benzene rings is 3. The Morgan fingerprint density at radius 2 is 1.57 bits per heavy atom. The molecule has 152 valence electrons. The number of methoxy groups -OCH3 is 1. The molecule has 5 heteroatoms. The maximum atomic E-state index is 12.7. The number of hydrogen-bond acceptors (Lipinski definition) is 4. The van der Waals surface area contributed by atoms with Gasteiger partial charge in [-0.1, -0.05) is 54.6 Å². The van der Waals surface area contributed by atoms with Crippen LogP contribution in [0.4, 0.5) is 0 Å². The van der Waals surface area contributed by atoms with Crippen LogP contribution in [0.15, 0.2) is 78.9 Å². The Bertz CT molecular complexity index is 978. The van der Waals surface area contributed by atoms with Gasteiger partial charge in [-0.25, -0.2) is 0 Å². The first-order valence-corrected chi connectivity index (χ1v) is 9.73. The van der Waals surface area contributed by atoms with Crippen LogP contribution in [0.3, 0.4) is 0 Å². The van der Waals surface area contributed by atoms with Gasteiger partial charge < -0.3 is 14.4 Å². The van der Waals surface area contributed by atoms with Gasteiger partial charge in [0, 0.05) is 20.2 Å². The second-order valence-corrected chi connectivity index (χ2v) is 6.80. The lowest BCUT2D eigenvalue weighted by Crippen LogP contribution is -2.36. The van der Waals surface area contributed by atoms with Gasteiger partial charge in [0.25, 0.3) is 5.91 Å². The molecule has 0 aliphatic heterocycles. The Kier molecular flexibility index (Phi) is 7.59. The molecule has 0 aromatic heterocycles. The molecule has 0 aliphatic rings. The number of amides is 1. The molecule has 3 rings (SSSR count). The number of hydrogen-bond donors (Lipinski definition) is 0. The van der Waals surface area contributed by atoms with Gasteiger partial charge in [0.05, 0.1) is 18.2 Å². The van der Waals surface area contributed by atoms with Crippen LogP contribution in [0.25, 0.3) is 11.1 Å². The molecule has 0 fully saturated rings. The van der Waals surface area contributed by atoms with Crippen molar-refractivity contribution in [3.63, 3.8) is 0 Å². The zero-order chi connectivity index (χ0) is 21.2. The fourth-order valence-corrected chi connectivity index (χ4v) is 3.01. The average Bonchev–Trinajstić information content (AvgIpc) is 2.81. The highest BCUT2D eigenvalue weighted by atomic mass is 16.5. The first-order valence-electron chi connectivity index (χ1n) is 9.73. The summed E-state index contributed by atoms with van der Waals surface area (Å²) in [6, 6.07) is 27.0. The van der Waals surface area contributed by atoms with E-state index in [0.29, 0.717) is 31.0 Å². The van der Waals surface area contributed by atoms with Gasteiger partial charge in [0.15, 0.2) is 6.61 Å². The Labute approximate surface area is 177 Å². The first-order chi connectivity index (χ1) is 14.7. The van der Waals surface area contributed by atoms with Crippen molar-refractivity contribution in [2.75, 3.05) is 26.9 Å². The minimum atomic E-state index is -0.0907. The van der Waals surface area contributed by atoms with Crippen molar-refractivity contribution in [1.29, 1.82) is 5.26 Å². The fourth-order valence-electron chi connectivity index (χ4n) is 3.01. The van der Waals surface area contributed by atoms with E-state index in [4.69, 9.17) is 14.7 Å². The standard InChI is InChI=1S/C25H24N2O3/c1-29-16-15-27(18-21-5-3-2-4-6-21)25(28)19-30-24-13-11-23(12-14-24)22-9-7-20(17-26)8-10-22/h2-14H,15-16,18-19H2,1H3. The topological polar surface area (TPSA) is 62.6 Å². The van der Waals surface area contributed by atoms with E-state index in [1.807, 2.05) is 66.7 Å². The van der Waals surface area contributed by atoms with Crippen LogP contribution < -0.4 is 4.74 Å². The monoisotopic (exact) mass is 400 g/mol. The van der Waals surface area contributed by atoms with Crippen LogP contribution in [-0.2, 0) is 16.1 Å². The molecule has 0 heterocycles. The molecule has 0 atom stereocenters. The maximum Gasteiger partial charge on any atom is 0.260 e. The number of carbonyl (C=O) groups is 1. The molecule has 0 bridgehead atoms. The maximum absolute atomic E-state index is 12.7.